The van der Waals surface area contributed by atoms with Crippen molar-refractivity contribution in [3.63, 3.8) is 0 Å². The second kappa shape index (κ2) is 10.2. The number of carbonyl (C=O) groups excluding carboxylic acids is 1. The Balaban J connectivity index is 2.86. The number of hydrogen-bond donors (Lipinski definition) is 2. The van der Waals surface area contributed by atoms with Crippen molar-refractivity contribution in [2.24, 2.45) is 5.73 Å². The zero-order chi connectivity index (χ0) is 17.2. The van der Waals surface area contributed by atoms with E-state index in [1.165, 1.54) is 0 Å². The van der Waals surface area contributed by atoms with Crippen molar-refractivity contribution in [2.75, 3.05) is 26.7 Å². The molecule has 1 amide bonds. The van der Waals surface area contributed by atoms with Gasteiger partial charge in [-0.1, -0.05) is 39.3 Å². The van der Waals surface area contributed by atoms with Gasteiger partial charge in [-0.15, -0.1) is 0 Å². The minimum Gasteiger partial charge on any atom is -0.497 e. The van der Waals surface area contributed by atoms with Gasteiger partial charge in [-0.25, -0.2) is 0 Å². The molecule has 2 unspecified atom stereocenters. The standard InChI is InChI=1S/C18H31N3O2/c1-5-9-16(19)18(22)20-13-17(21(6-2)7-3)14-10-8-11-15(12-14)23-4/h8,10-12,16-17H,5-7,9,13,19H2,1-4H3,(H,20,22). The Kier molecular flexibility index (Phi) is 8.66. The van der Waals surface area contributed by atoms with Crippen molar-refractivity contribution in [2.45, 2.75) is 45.7 Å². The van der Waals surface area contributed by atoms with Gasteiger partial charge in [0.2, 0.25) is 5.91 Å². The van der Waals surface area contributed by atoms with Crippen LogP contribution in [0, 0.1) is 0 Å². The predicted molar refractivity (Wildman–Crippen MR) is 94.5 cm³/mol. The maximum absolute atomic E-state index is 12.1. The smallest absolute Gasteiger partial charge is 0.236 e. The lowest BCUT2D eigenvalue weighted by Gasteiger charge is -2.30. The van der Waals surface area contributed by atoms with Crippen molar-refractivity contribution in [1.82, 2.24) is 10.2 Å². The Morgan fingerprint density at radius 3 is 2.57 bits per heavy atom. The highest BCUT2D eigenvalue weighted by Gasteiger charge is 2.21. The molecule has 0 radical (unpaired) electrons. The van der Waals surface area contributed by atoms with Crippen molar-refractivity contribution in [3.05, 3.63) is 29.8 Å². The first-order valence-electron chi connectivity index (χ1n) is 8.48. The van der Waals surface area contributed by atoms with Gasteiger partial charge in [0, 0.05) is 6.54 Å². The molecule has 0 aliphatic carbocycles. The van der Waals surface area contributed by atoms with E-state index < -0.39 is 6.04 Å². The normalized spacial score (nSPS) is 13.7. The lowest BCUT2D eigenvalue weighted by molar-refractivity contribution is -0.122. The molecule has 0 saturated heterocycles. The van der Waals surface area contributed by atoms with Gasteiger partial charge >= 0.3 is 0 Å². The molecule has 0 heterocycles. The minimum absolute atomic E-state index is 0.0769. The molecule has 130 valence electrons. The van der Waals surface area contributed by atoms with Crippen LogP contribution < -0.4 is 15.8 Å². The SMILES string of the molecule is CCCC(N)C(=O)NCC(c1cccc(OC)c1)N(CC)CC. The number of methoxy groups -OCH3 is 1. The number of benzene rings is 1. The van der Waals surface area contributed by atoms with Gasteiger partial charge in [-0.3, -0.25) is 9.69 Å². The predicted octanol–water partition coefficient (Wildman–Crippen LogP) is 2.32. The van der Waals surface area contributed by atoms with Crippen LogP contribution in [0.25, 0.3) is 0 Å². The summed E-state index contributed by atoms with van der Waals surface area (Å²) in [5.41, 5.74) is 7.03. The van der Waals surface area contributed by atoms with E-state index >= 15 is 0 Å². The van der Waals surface area contributed by atoms with E-state index in [9.17, 15) is 4.79 Å². The Morgan fingerprint density at radius 1 is 1.30 bits per heavy atom. The van der Waals surface area contributed by atoms with Gasteiger partial charge in [-0.2, -0.15) is 0 Å². The second-order valence-corrected chi connectivity index (χ2v) is 5.65. The lowest BCUT2D eigenvalue weighted by atomic mass is 10.0. The Morgan fingerprint density at radius 2 is 2.00 bits per heavy atom. The molecular formula is C18H31N3O2. The molecule has 23 heavy (non-hydrogen) atoms. The summed E-state index contributed by atoms with van der Waals surface area (Å²) in [6.07, 6.45) is 1.62. The van der Waals surface area contributed by atoms with Gasteiger partial charge in [0.05, 0.1) is 19.2 Å². The fourth-order valence-electron chi connectivity index (χ4n) is 2.74. The molecule has 0 saturated carbocycles. The zero-order valence-electron chi connectivity index (χ0n) is 14.8. The van der Waals surface area contributed by atoms with Crippen LogP contribution in [-0.4, -0.2) is 43.6 Å². The third-order valence-electron chi connectivity index (χ3n) is 4.14. The van der Waals surface area contributed by atoms with Gasteiger partial charge in [-0.05, 0) is 37.2 Å². The van der Waals surface area contributed by atoms with Crippen LogP contribution in [0.4, 0.5) is 0 Å². The highest BCUT2D eigenvalue weighted by atomic mass is 16.5. The van der Waals surface area contributed by atoms with Gasteiger partial charge in [0.25, 0.3) is 0 Å². The fraction of sp³-hybridized carbons (Fsp3) is 0.611. The molecule has 3 N–H and O–H groups in total. The van der Waals surface area contributed by atoms with Gasteiger partial charge < -0.3 is 15.8 Å². The number of nitrogens with two attached hydrogens (primary N) is 1. The third-order valence-corrected chi connectivity index (χ3v) is 4.14. The minimum atomic E-state index is -0.428. The summed E-state index contributed by atoms with van der Waals surface area (Å²) in [4.78, 5) is 14.4. The molecule has 2 atom stereocenters. The first kappa shape index (κ1) is 19.5. The average molecular weight is 321 g/mol. The van der Waals surface area contributed by atoms with Crippen molar-refractivity contribution in [1.29, 1.82) is 0 Å². The Labute approximate surface area is 140 Å². The molecule has 1 rings (SSSR count). The van der Waals surface area contributed by atoms with E-state index in [-0.39, 0.29) is 11.9 Å². The summed E-state index contributed by atoms with van der Waals surface area (Å²) in [5.74, 6) is 0.751. The number of amides is 1. The number of ether oxygens (including phenoxy) is 1. The second-order valence-electron chi connectivity index (χ2n) is 5.65. The zero-order valence-corrected chi connectivity index (χ0v) is 14.8. The maximum atomic E-state index is 12.1. The number of likely N-dealkylation sites (N-methyl/N-ethyl adjacent to an activating group) is 1. The number of carbonyl (C=O) groups is 1. The highest BCUT2D eigenvalue weighted by molar-refractivity contribution is 5.81. The average Bonchev–Trinajstić information content (AvgIpc) is 2.58. The molecule has 0 bridgehead atoms. The van der Waals surface area contributed by atoms with Crippen LogP contribution in [-0.2, 0) is 4.79 Å². The maximum Gasteiger partial charge on any atom is 0.236 e. The number of rotatable bonds is 10. The van der Waals surface area contributed by atoms with Crippen LogP contribution in [0.3, 0.4) is 0 Å². The van der Waals surface area contributed by atoms with E-state index in [4.69, 9.17) is 10.5 Å². The summed E-state index contributed by atoms with van der Waals surface area (Å²) in [7, 11) is 1.66. The molecule has 1 aromatic rings. The molecule has 5 nitrogen and oxygen atoms in total. The molecule has 0 aliphatic heterocycles. The molecular weight excluding hydrogens is 290 g/mol. The first-order chi connectivity index (χ1) is 11.1. The van der Waals surface area contributed by atoms with Gasteiger partial charge in [0.1, 0.15) is 5.75 Å². The highest BCUT2D eigenvalue weighted by Crippen LogP contribution is 2.23. The lowest BCUT2D eigenvalue weighted by Crippen LogP contribution is -2.44. The summed E-state index contributed by atoms with van der Waals surface area (Å²) < 4.78 is 5.32. The van der Waals surface area contributed by atoms with E-state index in [1.807, 2.05) is 25.1 Å². The summed E-state index contributed by atoms with van der Waals surface area (Å²) in [6.45, 7) is 8.65. The van der Waals surface area contributed by atoms with E-state index in [0.717, 1.165) is 30.8 Å². The van der Waals surface area contributed by atoms with Crippen LogP contribution in [0.5, 0.6) is 5.75 Å². The van der Waals surface area contributed by atoms with Crippen LogP contribution in [0.1, 0.15) is 45.2 Å². The van der Waals surface area contributed by atoms with Crippen LogP contribution >= 0.6 is 0 Å². The molecule has 0 fully saturated rings. The Hall–Kier alpha value is -1.59. The van der Waals surface area contributed by atoms with Crippen LogP contribution in [0.15, 0.2) is 24.3 Å². The summed E-state index contributed by atoms with van der Waals surface area (Å²) >= 11 is 0. The molecule has 0 aromatic heterocycles. The van der Waals surface area contributed by atoms with Crippen molar-refractivity contribution in [3.8, 4) is 5.75 Å². The van der Waals surface area contributed by atoms with E-state index in [0.29, 0.717) is 13.0 Å². The Bertz CT molecular complexity index is 475. The third kappa shape index (κ3) is 5.84. The largest absolute Gasteiger partial charge is 0.497 e. The van der Waals surface area contributed by atoms with Crippen molar-refractivity contribution >= 4 is 5.91 Å². The molecule has 5 heteroatoms. The number of nitrogens with one attached hydrogen (secondary N) is 1. The first-order valence-corrected chi connectivity index (χ1v) is 8.48. The van der Waals surface area contributed by atoms with Crippen LogP contribution in [0.2, 0.25) is 0 Å². The number of hydrogen-bond acceptors (Lipinski definition) is 4. The van der Waals surface area contributed by atoms with Crippen molar-refractivity contribution < 1.29 is 9.53 Å². The molecule has 0 aliphatic rings. The van der Waals surface area contributed by atoms with Gasteiger partial charge in [0.15, 0.2) is 0 Å². The monoisotopic (exact) mass is 321 g/mol. The number of nitrogens with zero attached hydrogens (tertiary/aromatic N) is 1. The van der Waals surface area contributed by atoms with E-state index in [2.05, 4.69) is 30.1 Å². The fourth-order valence-corrected chi connectivity index (χ4v) is 2.74. The van der Waals surface area contributed by atoms with E-state index in [1.54, 1.807) is 7.11 Å². The topological polar surface area (TPSA) is 67.6 Å². The quantitative estimate of drug-likeness (QED) is 0.694. The summed E-state index contributed by atoms with van der Waals surface area (Å²) in [6, 6.07) is 7.69. The molecule has 0 spiro atoms. The summed E-state index contributed by atoms with van der Waals surface area (Å²) in [5, 5.41) is 3.01. The molecule has 1 aromatic carbocycles.